The van der Waals surface area contributed by atoms with Crippen molar-refractivity contribution in [1.82, 2.24) is 9.97 Å². The molecule has 3 aromatic rings. The summed E-state index contributed by atoms with van der Waals surface area (Å²) in [6.45, 7) is 7.68. The number of allylic oxidation sites excluding steroid dienone is 1. The van der Waals surface area contributed by atoms with E-state index in [2.05, 4.69) is 21.9 Å². The molecule has 1 aromatic heterocycles. The van der Waals surface area contributed by atoms with Gasteiger partial charge in [-0.25, -0.2) is 4.98 Å². The van der Waals surface area contributed by atoms with Crippen LogP contribution in [0.3, 0.4) is 0 Å². The highest BCUT2D eigenvalue weighted by atomic mass is 16.1. The van der Waals surface area contributed by atoms with E-state index in [1.807, 2.05) is 61.5 Å². The van der Waals surface area contributed by atoms with E-state index < -0.39 is 0 Å². The summed E-state index contributed by atoms with van der Waals surface area (Å²) in [4.78, 5) is 21.4. The summed E-state index contributed by atoms with van der Waals surface area (Å²) >= 11 is 0. The number of nitrogens with zero attached hydrogens (tertiary/aromatic N) is 2. The maximum atomic E-state index is 12.5. The second-order valence-electron chi connectivity index (χ2n) is 5.87. The largest absolute Gasteiger partial charge is 0.321 e. The Bertz CT molecular complexity index is 916. The van der Waals surface area contributed by atoms with Crippen LogP contribution in [-0.2, 0) is 0 Å². The number of aromatic nitrogens is 2. The molecule has 1 heterocycles. The first-order valence-corrected chi connectivity index (χ1v) is 8.01. The fourth-order valence-electron chi connectivity index (χ4n) is 2.44. The summed E-state index contributed by atoms with van der Waals surface area (Å²) < 4.78 is 0. The Labute approximate surface area is 147 Å². The molecule has 0 aliphatic heterocycles. The molecule has 4 heteroatoms. The van der Waals surface area contributed by atoms with Crippen LogP contribution in [0.2, 0.25) is 0 Å². The standard InChI is InChI=1S/C21H19N3O/c1-14(2)16-9-11-17(12-10-16)19-13-22-15(3)20(24-19)21(25)23-18-7-5-4-6-8-18/h4-13H,1H2,2-3H3,(H,23,25). The number of aryl methyl sites for hydroxylation is 1. The zero-order valence-corrected chi connectivity index (χ0v) is 14.3. The van der Waals surface area contributed by atoms with Crippen molar-refractivity contribution in [2.45, 2.75) is 13.8 Å². The van der Waals surface area contributed by atoms with E-state index in [0.29, 0.717) is 17.1 Å². The van der Waals surface area contributed by atoms with Gasteiger partial charge in [0.25, 0.3) is 5.91 Å². The van der Waals surface area contributed by atoms with Gasteiger partial charge in [0, 0.05) is 11.3 Å². The summed E-state index contributed by atoms with van der Waals surface area (Å²) in [6.07, 6.45) is 1.68. The van der Waals surface area contributed by atoms with E-state index in [0.717, 1.165) is 22.4 Å². The Kier molecular flexibility index (Phi) is 4.70. The lowest BCUT2D eigenvalue weighted by atomic mass is 10.1. The Morgan fingerprint density at radius 2 is 1.72 bits per heavy atom. The van der Waals surface area contributed by atoms with Crippen LogP contribution in [-0.4, -0.2) is 15.9 Å². The lowest BCUT2D eigenvalue weighted by Gasteiger charge is -2.09. The molecule has 0 aliphatic carbocycles. The highest BCUT2D eigenvalue weighted by molar-refractivity contribution is 6.03. The first-order chi connectivity index (χ1) is 12.0. The average Bonchev–Trinajstić information content (AvgIpc) is 2.63. The van der Waals surface area contributed by atoms with Gasteiger partial charge in [-0.2, -0.15) is 0 Å². The van der Waals surface area contributed by atoms with Crippen molar-refractivity contribution in [1.29, 1.82) is 0 Å². The summed E-state index contributed by atoms with van der Waals surface area (Å²) in [7, 11) is 0. The molecule has 0 spiro atoms. The number of para-hydroxylation sites is 1. The Morgan fingerprint density at radius 1 is 1.04 bits per heavy atom. The summed E-state index contributed by atoms with van der Waals surface area (Å²) in [5, 5.41) is 2.85. The van der Waals surface area contributed by atoms with Crippen molar-refractivity contribution in [3.05, 3.63) is 84.3 Å². The van der Waals surface area contributed by atoms with Crippen LogP contribution in [0, 0.1) is 6.92 Å². The van der Waals surface area contributed by atoms with Gasteiger partial charge in [0.2, 0.25) is 0 Å². The Morgan fingerprint density at radius 3 is 2.36 bits per heavy atom. The smallest absolute Gasteiger partial charge is 0.276 e. The van der Waals surface area contributed by atoms with Crippen molar-refractivity contribution < 1.29 is 4.79 Å². The molecule has 0 bridgehead atoms. The zero-order valence-electron chi connectivity index (χ0n) is 14.3. The predicted molar refractivity (Wildman–Crippen MR) is 101 cm³/mol. The molecular formula is C21H19N3O. The molecule has 25 heavy (non-hydrogen) atoms. The summed E-state index contributed by atoms with van der Waals surface area (Å²) in [5.41, 5.74) is 5.30. The number of amides is 1. The van der Waals surface area contributed by atoms with Crippen LogP contribution in [0.5, 0.6) is 0 Å². The van der Waals surface area contributed by atoms with Crippen LogP contribution in [0.1, 0.15) is 28.7 Å². The first-order valence-electron chi connectivity index (χ1n) is 8.01. The minimum absolute atomic E-state index is 0.267. The maximum absolute atomic E-state index is 12.5. The van der Waals surface area contributed by atoms with E-state index in [1.165, 1.54) is 0 Å². The molecule has 1 N–H and O–H groups in total. The first kappa shape index (κ1) is 16.6. The van der Waals surface area contributed by atoms with Gasteiger partial charge >= 0.3 is 0 Å². The predicted octanol–water partition coefficient (Wildman–Crippen LogP) is 4.74. The van der Waals surface area contributed by atoms with Crippen molar-refractivity contribution in [3.63, 3.8) is 0 Å². The molecular weight excluding hydrogens is 310 g/mol. The fraction of sp³-hybridized carbons (Fsp3) is 0.0952. The number of benzene rings is 2. The Balaban J connectivity index is 1.90. The molecule has 0 saturated heterocycles. The molecule has 0 atom stereocenters. The number of hydrogen-bond donors (Lipinski definition) is 1. The third kappa shape index (κ3) is 3.80. The minimum atomic E-state index is -0.267. The average molecular weight is 329 g/mol. The maximum Gasteiger partial charge on any atom is 0.276 e. The normalized spacial score (nSPS) is 10.3. The van der Waals surface area contributed by atoms with Gasteiger partial charge in [0.1, 0.15) is 5.69 Å². The molecule has 124 valence electrons. The monoisotopic (exact) mass is 329 g/mol. The number of nitrogens with one attached hydrogen (secondary N) is 1. The molecule has 0 fully saturated rings. The fourth-order valence-corrected chi connectivity index (χ4v) is 2.44. The van der Waals surface area contributed by atoms with Gasteiger partial charge in [-0.1, -0.05) is 54.6 Å². The topological polar surface area (TPSA) is 54.9 Å². The molecule has 4 nitrogen and oxygen atoms in total. The number of anilines is 1. The van der Waals surface area contributed by atoms with Crippen LogP contribution in [0.15, 0.2) is 67.4 Å². The summed E-state index contributed by atoms with van der Waals surface area (Å²) in [5.74, 6) is -0.267. The van der Waals surface area contributed by atoms with E-state index in [1.54, 1.807) is 13.1 Å². The van der Waals surface area contributed by atoms with E-state index in [9.17, 15) is 4.79 Å². The highest BCUT2D eigenvalue weighted by Gasteiger charge is 2.14. The highest BCUT2D eigenvalue weighted by Crippen LogP contribution is 2.21. The van der Waals surface area contributed by atoms with Crippen LogP contribution in [0.25, 0.3) is 16.8 Å². The van der Waals surface area contributed by atoms with Gasteiger partial charge in [-0.15, -0.1) is 0 Å². The second-order valence-corrected chi connectivity index (χ2v) is 5.87. The van der Waals surface area contributed by atoms with Crippen molar-refractivity contribution in [3.8, 4) is 11.3 Å². The van der Waals surface area contributed by atoms with Crippen molar-refractivity contribution >= 4 is 17.2 Å². The minimum Gasteiger partial charge on any atom is -0.321 e. The van der Waals surface area contributed by atoms with Crippen LogP contribution in [0.4, 0.5) is 5.69 Å². The summed E-state index contributed by atoms with van der Waals surface area (Å²) in [6, 6.07) is 17.2. The van der Waals surface area contributed by atoms with Crippen LogP contribution < -0.4 is 5.32 Å². The molecule has 0 aliphatic rings. The zero-order chi connectivity index (χ0) is 17.8. The lowest BCUT2D eigenvalue weighted by Crippen LogP contribution is -2.16. The van der Waals surface area contributed by atoms with Gasteiger partial charge in [-0.05, 0) is 31.5 Å². The van der Waals surface area contributed by atoms with Crippen molar-refractivity contribution in [2.75, 3.05) is 5.32 Å². The Hall–Kier alpha value is -3.27. The number of hydrogen-bond acceptors (Lipinski definition) is 3. The van der Waals surface area contributed by atoms with E-state index >= 15 is 0 Å². The molecule has 2 aromatic carbocycles. The third-order valence-corrected chi connectivity index (χ3v) is 3.88. The lowest BCUT2D eigenvalue weighted by molar-refractivity contribution is 0.102. The number of rotatable bonds is 4. The number of carbonyl (C=O) groups is 1. The van der Waals surface area contributed by atoms with Gasteiger partial charge in [0.15, 0.2) is 0 Å². The molecule has 3 rings (SSSR count). The van der Waals surface area contributed by atoms with E-state index in [-0.39, 0.29) is 5.91 Å². The van der Waals surface area contributed by atoms with Crippen LogP contribution >= 0.6 is 0 Å². The van der Waals surface area contributed by atoms with Gasteiger partial charge < -0.3 is 5.32 Å². The molecule has 0 radical (unpaired) electrons. The SMILES string of the molecule is C=C(C)c1ccc(-c2cnc(C)c(C(=O)Nc3ccccc3)n2)cc1. The van der Waals surface area contributed by atoms with E-state index in [4.69, 9.17) is 0 Å². The van der Waals surface area contributed by atoms with Crippen molar-refractivity contribution in [2.24, 2.45) is 0 Å². The van der Waals surface area contributed by atoms with Gasteiger partial charge in [-0.3, -0.25) is 9.78 Å². The molecule has 0 unspecified atom stereocenters. The molecule has 1 amide bonds. The second kappa shape index (κ2) is 7.09. The van der Waals surface area contributed by atoms with Gasteiger partial charge in [0.05, 0.1) is 17.6 Å². The quantitative estimate of drug-likeness (QED) is 0.752. The number of carbonyl (C=O) groups excluding carboxylic acids is 1. The third-order valence-electron chi connectivity index (χ3n) is 3.88. The molecule has 0 saturated carbocycles.